The van der Waals surface area contributed by atoms with Gasteiger partial charge in [0.05, 0.1) is 22.0 Å². The first-order chi connectivity index (χ1) is 18.4. The Labute approximate surface area is 240 Å². The van der Waals surface area contributed by atoms with Gasteiger partial charge < -0.3 is 19.7 Å². The molecule has 2 aromatic rings. The molecule has 0 saturated carbocycles. The molecule has 0 fully saturated rings. The molecule has 12 heteroatoms. The topological polar surface area (TPSA) is 105 Å². The monoisotopic (exact) mass is 599 g/mol. The van der Waals surface area contributed by atoms with E-state index in [1.165, 1.54) is 9.21 Å². The molecule has 0 aliphatic carbocycles. The molecular formula is C27H35Cl2N3O6S. The molecule has 39 heavy (non-hydrogen) atoms. The quantitative estimate of drug-likeness (QED) is 0.353. The molecule has 3 rings (SSSR count). The first-order valence-electron chi connectivity index (χ1n) is 12.8. The van der Waals surface area contributed by atoms with Crippen LogP contribution in [0.3, 0.4) is 0 Å². The van der Waals surface area contributed by atoms with Crippen molar-refractivity contribution in [2.75, 3.05) is 30.4 Å². The van der Waals surface area contributed by atoms with E-state index in [-0.39, 0.29) is 50.5 Å². The fraction of sp³-hybridized carbons (Fsp3) is 0.481. The zero-order valence-electron chi connectivity index (χ0n) is 22.6. The average Bonchev–Trinajstić information content (AvgIpc) is 3.34. The number of nitrogens with one attached hydrogen (secondary N) is 1. The number of anilines is 1. The fourth-order valence-corrected chi connectivity index (χ4v) is 5.50. The van der Waals surface area contributed by atoms with Gasteiger partial charge in [-0.3, -0.25) is 13.9 Å². The summed E-state index contributed by atoms with van der Waals surface area (Å²) >= 11 is 12.3. The zero-order valence-corrected chi connectivity index (χ0v) is 24.9. The minimum absolute atomic E-state index is 0.0336. The molecule has 214 valence electrons. The van der Waals surface area contributed by atoms with Crippen LogP contribution in [0.5, 0.6) is 11.5 Å². The molecule has 1 atom stereocenters. The molecule has 1 aliphatic heterocycles. The summed E-state index contributed by atoms with van der Waals surface area (Å²) in [4.78, 5) is 28.1. The average molecular weight is 601 g/mol. The van der Waals surface area contributed by atoms with Crippen molar-refractivity contribution in [2.45, 2.75) is 52.6 Å². The van der Waals surface area contributed by atoms with Crippen molar-refractivity contribution in [3.8, 4) is 11.5 Å². The second kappa shape index (κ2) is 13.6. The third kappa shape index (κ3) is 8.40. The van der Waals surface area contributed by atoms with Gasteiger partial charge in [-0.05, 0) is 48.6 Å². The van der Waals surface area contributed by atoms with E-state index in [9.17, 15) is 18.0 Å². The highest BCUT2D eigenvalue weighted by Crippen LogP contribution is 2.36. The van der Waals surface area contributed by atoms with Gasteiger partial charge in [-0.15, -0.1) is 0 Å². The predicted molar refractivity (Wildman–Crippen MR) is 153 cm³/mol. The number of benzene rings is 2. The lowest BCUT2D eigenvalue weighted by atomic mass is 10.1. The third-order valence-corrected chi connectivity index (χ3v) is 8.14. The highest BCUT2D eigenvalue weighted by Gasteiger charge is 2.29. The molecule has 1 aliphatic rings. The number of nitrogens with zero attached hydrogens (tertiary/aromatic N) is 2. The second-order valence-electron chi connectivity index (χ2n) is 9.81. The maximum Gasteiger partial charge on any atom is 0.242 e. The molecule has 9 nitrogen and oxygen atoms in total. The van der Waals surface area contributed by atoms with Gasteiger partial charge in [0.1, 0.15) is 6.04 Å². The minimum atomic E-state index is -3.64. The van der Waals surface area contributed by atoms with Crippen LogP contribution in [0.2, 0.25) is 10.0 Å². The summed E-state index contributed by atoms with van der Waals surface area (Å²) in [6, 6.07) is 9.28. The van der Waals surface area contributed by atoms with Gasteiger partial charge in [0.25, 0.3) is 0 Å². The molecule has 0 radical (unpaired) electrons. The predicted octanol–water partition coefficient (Wildman–Crippen LogP) is 4.85. The van der Waals surface area contributed by atoms with Crippen LogP contribution in [0.4, 0.5) is 5.69 Å². The van der Waals surface area contributed by atoms with Crippen LogP contribution in [-0.4, -0.2) is 57.3 Å². The van der Waals surface area contributed by atoms with Gasteiger partial charge in [-0.25, -0.2) is 8.42 Å². The lowest BCUT2D eigenvalue weighted by Crippen LogP contribution is -2.49. The third-order valence-electron chi connectivity index (χ3n) is 6.20. The summed E-state index contributed by atoms with van der Waals surface area (Å²) in [5.41, 5.74) is 1.15. The highest BCUT2D eigenvalue weighted by atomic mass is 35.5. The second-order valence-corrected chi connectivity index (χ2v) is 12.5. The van der Waals surface area contributed by atoms with E-state index >= 15 is 0 Å². The summed E-state index contributed by atoms with van der Waals surface area (Å²) in [6.45, 7) is 6.62. The van der Waals surface area contributed by atoms with E-state index in [0.29, 0.717) is 40.2 Å². The number of fused-ring (bicyclic) bond motifs is 1. The van der Waals surface area contributed by atoms with Crippen molar-refractivity contribution in [2.24, 2.45) is 5.92 Å². The van der Waals surface area contributed by atoms with Gasteiger partial charge in [0.15, 0.2) is 11.5 Å². The summed E-state index contributed by atoms with van der Waals surface area (Å²) in [5.74, 6) is 0.748. The SMILES string of the molecule is CC[C@H](C(=O)NCC(C)C)N(Cc1ccc(Cl)c(Cl)c1)C(=O)CCCN(c1ccc2c(c1)OCO2)S(C)(=O)=O. The Morgan fingerprint density at radius 2 is 1.77 bits per heavy atom. The molecular weight excluding hydrogens is 565 g/mol. The van der Waals surface area contributed by atoms with E-state index in [1.807, 2.05) is 20.8 Å². The van der Waals surface area contributed by atoms with Gasteiger partial charge in [0, 0.05) is 32.1 Å². The van der Waals surface area contributed by atoms with Gasteiger partial charge >= 0.3 is 0 Å². The summed E-state index contributed by atoms with van der Waals surface area (Å²) in [6.07, 6.45) is 1.79. The fourth-order valence-electron chi connectivity index (χ4n) is 4.22. The Hall–Kier alpha value is -2.69. The molecule has 0 unspecified atom stereocenters. The Bertz CT molecular complexity index is 1290. The van der Waals surface area contributed by atoms with Crippen LogP contribution in [-0.2, 0) is 26.2 Å². The maximum absolute atomic E-state index is 13.5. The normalized spacial score (nSPS) is 13.3. The molecule has 0 bridgehead atoms. The van der Waals surface area contributed by atoms with E-state index in [2.05, 4.69) is 5.32 Å². The van der Waals surface area contributed by atoms with Crippen molar-refractivity contribution in [1.82, 2.24) is 10.2 Å². The smallest absolute Gasteiger partial charge is 0.242 e. The number of ether oxygens (including phenoxy) is 2. The van der Waals surface area contributed by atoms with E-state index < -0.39 is 16.1 Å². The van der Waals surface area contributed by atoms with Crippen molar-refractivity contribution in [1.29, 1.82) is 0 Å². The molecule has 0 saturated heterocycles. The van der Waals surface area contributed by atoms with E-state index in [1.54, 1.807) is 36.4 Å². The van der Waals surface area contributed by atoms with E-state index in [0.717, 1.165) is 11.8 Å². The van der Waals surface area contributed by atoms with Crippen LogP contribution < -0.4 is 19.1 Å². The molecule has 1 N–H and O–H groups in total. The van der Waals surface area contributed by atoms with Crippen LogP contribution in [0, 0.1) is 5.92 Å². The number of carbonyl (C=O) groups is 2. The van der Waals surface area contributed by atoms with Crippen LogP contribution in [0.1, 0.15) is 45.6 Å². The zero-order chi connectivity index (χ0) is 28.7. The molecule has 1 heterocycles. The van der Waals surface area contributed by atoms with Gasteiger partial charge in [-0.2, -0.15) is 0 Å². The Kier molecular flexibility index (Phi) is 10.7. The molecule has 2 amide bonds. The Balaban J connectivity index is 1.77. The largest absolute Gasteiger partial charge is 0.454 e. The van der Waals surface area contributed by atoms with Crippen molar-refractivity contribution >= 4 is 50.7 Å². The summed E-state index contributed by atoms with van der Waals surface area (Å²) in [5, 5.41) is 3.67. The lowest BCUT2D eigenvalue weighted by Gasteiger charge is -2.31. The molecule has 0 spiro atoms. The molecule has 2 aromatic carbocycles. The van der Waals surface area contributed by atoms with Crippen molar-refractivity contribution in [3.63, 3.8) is 0 Å². The number of halogens is 2. The summed E-state index contributed by atoms with van der Waals surface area (Å²) in [7, 11) is -3.64. The van der Waals surface area contributed by atoms with Gasteiger partial charge in [-0.1, -0.05) is 50.0 Å². The number of hydrogen-bond donors (Lipinski definition) is 1. The number of hydrogen-bond acceptors (Lipinski definition) is 6. The van der Waals surface area contributed by atoms with E-state index in [4.69, 9.17) is 32.7 Å². The highest BCUT2D eigenvalue weighted by molar-refractivity contribution is 7.92. The summed E-state index contributed by atoms with van der Waals surface area (Å²) < 4.78 is 37.1. The molecule has 0 aromatic heterocycles. The van der Waals surface area contributed by atoms with Crippen LogP contribution >= 0.6 is 23.2 Å². The maximum atomic E-state index is 13.5. The van der Waals surface area contributed by atoms with Crippen molar-refractivity contribution < 1.29 is 27.5 Å². The number of amides is 2. The standard InChI is InChI=1S/C27H35Cl2N3O6S/c1-5-23(27(34)30-15-18(2)3)31(16-19-8-10-21(28)22(29)13-19)26(33)7-6-12-32(39(4,35)36)20-9-11-24-25(14-20)38-17-37-24/h8-11,13-14,18,23H,5-7,12,15-17H2,1-4H3,(H,30,34)/t23-/m1/s1. The Morgan fingerprint density at radius 1 is 1.05 bits per heavy atom. The first-order valence-corrected chi connectivity index (χ1v) is 15.4. The lowest BCUT2D eigenvalue weighted by molar-refractivity contribution is -0.141. The minimum Gasteiger partial charge on any atom is -0.454 e. The number of sulfonamides is 1. The van der Waals surface area contributed by atoms with Gasteiger partial charge in [0.2, 0.25) is 28.6 Å². The van der Waals surface area contributed by atoms with Crippen LogP contribution in [0.15, 0.2) is 36.4 Å². The van der Waals surface area contributed by atoms with Crippen LogP contribution in [0.25, 0.3) is 0 Å². The Morgan fingerprint density at radius 3 is 2.41 bits per heavy atom. The van der Waals surface area contributed by atoms with Crippen molar-refractivity contribution in [3.05, 3.63) is 52.0 Å². The number of rotatable bonds is 13. The number of carbonyl (C=O) groups excluding carboxylic acids is 2. The first kappa shape index (κ1) is 30.8.